The Kier molecular flexibility index (Phi) is 8.48. The van der Waals surface area contributed by atoms with Gasteiger partial charge in [0.15, 0.2) is 0 Å². The number of rotatable bonds is 7. The van der Waals surface area contributed by atoms with Crippen molar-refractivity contribution in [3.63, 3.8) is 0 Å². The lowest BCUT2D eigenvalue weighted by molar-refractivity contribution is 0.0866. The van der Waals surface area contributed by atoms with Crippen molar-refractivity contribution in [2.24, 2.45) is 0 Å². The molecule has 2 atom stereocenters. The fraction of sp³-hybridized carbons (Fsp3) is 0.351. The molecule has 4 heterocycles. The first kappa shape index (κ1) is 31.0. The van der Waals surface area contributed by atoms with E-state index in [2.05, 4.69) is 72.0 Å². The van der Waals surface area contributed by atoms with Crippen molar-refractivity contribution in [1.29, 1.82) is 5.26 Å². The van der Waals surface area contributed by atoms with Gasteiger partial charge >= 0.3 is 0 Å². The van der Waals surface area contributed by atoms with E-state index in [1.807, 2.05) is 53.2 Å². The van der Waals surface area contributed by atoms with E-state index >= 15 is 0 Å². The minimum atomic E-state index is -0.308. The number of ether oxygens (including phenoxy) is 1. The van der Waals surface area contributed by atoms with Gasteiger partial charge < -0.3 is 15.4 Å². The number of pyridine rings is 1. The van der Waals surface area contributed by atoms with Gasteiger partial charge in [0.1, 0.15) is 17.5 Å². The van der Waals surface area contributed by atoms with Gasteiger partial charge in [-0.25, -0.2) is 4.68 Å². The van der Waals surface area contributed by atoms with Crippen molar-refractivity contribution >= 4 is 33.9 Å². The lowest BCUT2D eigenvalue weighted by atomic mass is 9.98. The van der Waals surface area contributed by atoms with Gasteiger partial charge in [0.2, 0.25) is 0 Å². The molecule has 2 N–H and O–H groups in total. The number of nitriles is 1. The number of benzene rings is 3. The second-order valence-corrected chi connectivity index (χ2v) is 13.8. The summed E-state index contributed by atoms with van der Waals surface area (Å²) >= 11 is 6.81. The second-order valence-electron chi connectivity index (χ2n) is 13.4. The van der Waals surface area contributed by atoms with E-state index in [0.717, 1.165) is 66.0 Å². The minimum Gasteiger partial charge on any atom is -0.493 e. The molecule has 240 valence electrons. The average Bonchev–Trinajstić information content (AvgIpc) is 3.58. The fourth-order valence-electron chi connectivity index (χ4n) is 6.82. The summed E-state index contributed by atoms with van der Waals surface area (Å²) in [6, 6.07) is 24.3. The number of nitrogens with one attached hydrogen (secondary N) is 2. The summed E-state index contributed by atoms with van der Waals surface area (Å²) in [5.41, 5.74) is 5.68. The zero-order chi connectivity index (χ0) is 32.5. The summed E-state index contributed by atoms with van der Waals surface area (Å²) in [5.74, 6) is 0.854. The number of fused-ring (bicyclic) bond motifs is 2. The maximum absolute atomic E-state index is 10.1. The van der Waals surface area contributed by atoms with E-state index in [4.69, 9.17) is 26.4 Å². The maximum Gasteiger partial charge on any atom is 0.124 e. The molecule has 9 nitrogen and oxygen atoms in total. The summed E-state index contributed by atoms with van der Waals surface area (Å²) in [6.45, 7) is 9.47. The number of nitrogens with zero attached hydrogens (tertiary/aromatic N) is 6. The molecule has 2 aliphatic rings. The van der Waals surface area contributed by atoms with Gasteiger partial charge in [-0.05, 0) is 57.4 Å². The largest absolute Gasteiger partial charge is 0.493 e. The van der Waals surface area contributed by atoms with Crippen LogP contribution in [0.5, 0.6) is 5.75 Å². The first-order chi connectivity index (χ1) is 22.8. The number of hydrogen-bond acceptors (Lipinski definition) is 8. The van der Waals surface area contributed by atoms with E-state index in [9.17, 15) is 5.26 Å². The van der Waals surface area contributed by atoms with Crippen molar-refractivity contribution in [2.45, 2.75) is 63.7 Å². The Morgan fingerprint density at radius 1 is 1.02 bits per heavy atom. The average molecular weight is 647 g/mol. The van der Waals surface area contributed by atoms with Crippen LogP contribution in [0.1, 0.15) is 80.5 Å². The smallest absolute Gasteiger partial charge is 0.124 e. The van der Waals surface area contributed by atoms with Crippen molar-refractivity contribution in [2.75, 3.05) is 30.3 Å². The topological polar surface area (TPSA) is 104 Å². The van der Waals surface area contributed by atoms with E-state index < -0.39 is 0 Å². The van der Waals surface area contributed by atoms with E-state index in [-0.39, 0.29) is 17.6 Å². The van der Waals surface area contributed by atoms with Gasteiger partial charge in [0.05, 0.1) is 53.4 Å². The van der Waals surface area contributed by atoms with Gasteiger partial charge in [-0.15, -0.1) is 5.10 Å². The molecule has 0 aliphatic carbocycles. The first-order valence-corrected chi connectivity index (χ1v) is 16.6. The monoisotopic (exact) mass is 646 g/mol. The number of aromatic nitrogens is 4. The standard InChI is InChI=1S/C37H39ClN8O/c1-37(2,3)45-16-13-27(14-17-45)46-23-32(43-44-46)35(24-9-5-4-6-10-24)42-31-20-26(38)19-29-34(25(21-39)22-40-36(29)31)41-30-15-18-47-33-12-8-7-11-28(30)33/h4-12,19-20,22-23,27,30,35,42H,13-18H2,1-3H3,(H,40,41)/t30-,35-/m0/s1. The van der Waals surface area contributed by atoms with Crippen molar-refractivity contribution < 1.29 is 4.74 Å². The molecule has 0 radical (unpaired) electrons. The first-order valence-electron chi connectivity index (χ1n) is 16.3. The summed E-state index contributed by atoms with van der Waals surface area (Å²) in [5, 5.41) is 28.1. The molecule has 47 heavy (non-hydrogen) atoms. The quantitative estimate of drug-likeness (QED) is 0.184. The summed E-state index contributed by atoms with van der Waals surface area (Å²) in [4.78, 5) is 7.32. The molecule has 0 unspecified atom stereocenters. The third kappa shape index (κ3) is 6.36. The van der Waals surface area contributed by atoms with Crippen LogP contribution in [-0.2, 0) is 0 Å². The van der Waals surface area contributed by atoms with Crippen LogP contribution in [0.25, 0.3) is 10.9 Å². The Balaban J connectivity index is 1.23. The molecule has 2 aliphatic heterocycles. The zero-order valence-electron chi connectivity index (χ0n) is 26.9. The molecule has 1 fully saturated rings. The van der Waals surface area contributed by atoms with Crippen LogP contribution < -0.4 is 15.4 Å². The summed E-state index contributed by atoms with van der Waals surface area (Å²) < 4.78 is 7.93. The summed E-state index contributed by atoms with van der Waals surface area (Å²) in [7, 11) is 0. The highest BCUT2D eigenvalue weighted by Crippen LogP contribution is 2.40. The molecular formula is C37H39ClN8O. The number of hydrogen-bond donors (Lipinski definition) is 2. The Bertz CT molecular complexity index is 1920. The number of halogens is 1. The Hall–Kier alpha value is -4.65. The number of para-hydroxylation sites is 1. The third-order valence-corrected chi connectivity index (χ3v) is 9.60. The SMILES string of the molecule is CC(C)(C)N1CCC(n2cc([C@@H](Nc3cc(Cl)cc4c(N[C@H]5CCOc6ccccc65)c(C#N)cnc34)c3ccccc3)nn2)CC1. The highest BCUT2D eigenvalue weighted by atomic mass is 35.5. The van der Waals surface area contributed by atoms with Gasteiger partial charge in [0, 0.05) is 47.2 Å². The third-order valence-electron chi connectivity index (χ3n) is 9.38. The summed E-state index contributed by atoms with van der Waals surface area (Å²) in [6.07, 6.45) is 6.53. The van der Waals surface area contributed by atoms with Crippen LogP contribution in [0.2, 0.25) is 5.02 Å². The second kappa shape index (κ2) is 12.9. The molecule has 10 heteroatoms. The highest BCUT2D eigenvalue weighted by molar-refractivity contribution is 6.32. The molecule has 0 spiro atoms. The molecule has 0 saturated carbocycles. The van der Waals surface area contributed by atoms with Crippen molar-refractivity contribution in [1.82, 2.24) is 24.9 Å². The van der Waals surface area contributed by atoms with Gasteiger partial charge in [-0.2, -0.15) is 5.26 Å². The van der Waals surface area contributed by atoms with Crippen molar-refractivity contribution in [3.05, 3.63) is 107 Å². The molecule has 1 saturated heterocycles. The van der Waals surface area contributed by atoms with E-state index in [1.165, 1.54) is 0 Å². The number of anilines is 2. The Morgan fingerprint density at radius 3 is 2.55 bits per heavy atom. The lowest BCUT2D eigenvalue weighted by Crippen LogP contribution is -2.46. The maximum atomic E-state index is 10.1. The molecule has 0 amide bonds. The van der Waals surface area contributed by atoms with Gasteiger partial charge in [-0.1, -0.05) is 65.3 Å². The molecule has 2 aromatic heterocycles. The fourth-order valence-corrected chi connectivity index (χ4v) is 7.03. The highest BCUT2D eigenvalue weighted by Gasteiger charge is 2.30. The molecular weight excluding hydrogens is 608 g/mol. The molecule has 5 aromatic rings. The van der Waals surface area contributed by atoms with Crippen LogP contribution in [-0.4, -0.2) is 50.1 Å². The predicted octanol–water partition coefficient (Wildman–Crippen LogP) is 7.92. The van der Waals surface area contributed by atoms with Crippen LogP contribution in [0.3, 0.4) is 0 Å². The Morgan fingerprint density at radius 2 is 1.79 bits per heavy atom. The predicted molar refractivity (Wildman–Crippen MR) is 186 cm³/mol. The van der Waals surface area contributed by atoms with Crippen LogP contribution in [0.15, 0.2) is 79.1 Å². The minimum absolute atomic E-state index is 0.0320. The zero-order valence-corrected chi connectivity index (χ0v) is 27.7. The molecule has 7 rings (SSSR count). The van der Waals surface area contributed by atoms with Crippen LogP contribution in [0, 0.1) is 11.3 Å². The van der Waals surface area contributed by atoms with Gasteiger partial charge in [0.25, 0.3) is 0 Å². The van der Waals surface area contributed by atoms with E-state index in [0.29, 0.717) is 34.4 Å². The number of likely N-dealkylation sites (tertiary alicyclic amines) is 1. The lowest BCUT2D eigenvalue weighted by Gasteiger charge is -2.40. The van der Waals surface area contributed by atoms with Crippen LogP contribution in [0.4, 0.5) is 11.4 Å². The van der Waals surface area contributed by atoms with Crippen LogP contribution >= 0.6 is 11.6 Å². The molecule has 0 bridgehead atoms. The normalized spacial score (nSPS) is 17.8. The van der Waals surface area contributed by atoms with Crippen molar-refractivity contribution in [3.8, 4) is 11.8 Å². The van der Waals surface area contributed by atoms with Gasteiger partial charge in [-0.3, -0.25) is 9.88 Å². The van der Waals surface area contributed by atoms with E-state index in [1.54, 1.807) is 6.20 Å². The Labute approximate surface area is 280 Å². The molecule has 3 aromatic carbocycles. The number of piperidine rings is 1.